The molecule has 3 heterocycles. The molecule has 178 valence electrons. The smallest absolute Gasteiger partial charge is 0.220 e. The summed E-state index contributed by atoms with van der Waals surface area (Å²) in [5.74, 6) is 2.18. The zero-order valence-electron chi connectivity index (χ0n) is 21.0. The van der Waals surface area contributed by atoms with Gasteiger partial charge in [-0.2, -0.15) is 0 Å². The van der Waals surface area contributed by atoms with Crippen molar-refractivity contribution in [3.05, 3.63) is 94.7 Å². The summed E-state index contributed by atoms with van der Waals surface area (Å²) in [6.07, 6.45) is 0. The maximum atomic E-state index is 10.6. The Bertz CT molecular complexity index is 1830. The number of hydrogen-bond donors (Lipinski definition) is 1. The van der Waals surface area contributed by atoms with Gasteiger partial charge in [-0.3, -0.25) is 4.57 Å². The van der Waals surface area contributed by atoms with Crippen molar-refractivity contribution in [1.82, 2.24) is 14.5 Å². The van der Waals surface area contributed by atoms with E-state index in [4.69, 9.17) is 9.72 Å². The van der Waals surface area contributed by atoms with Crippen molar-refractivity contribution in [3.63, 3.8) is 0 Å². The van der Waals surface area contributed by atoms with Crippen LogP contribution in [0.4, 0.5) is 0 Å². The Balaban J connectivity index is 1.56. The molecule has 36 heavy (non-hydrogen) atoms. The third kappa shape index (κ3) is 3.39. The van der Waals surface area contributed by atoms with Gasteiger partial charge in [0.05, 0.1) is 11.0 Å². The van der Waals surface area contributed by atoms with Crippen molar-refractivity contribution in [2.75, 3.05) is 0 Å². The highest BCUT2D eigenvalue weighted by Crippen LogP contribution is 2.38. The van der Waals surface area contributed by atoms with Gasteiger partial charge in [-0.1, -0.05) is 30.3 Å². The minimum Gasteiger partial charge on any atom is -0.505 e. The van der Waals surface area contributed by atoms with Crippen molar-refractivity contribution >= 4 is 32.7 Å². The van der Waals surface area contributed by atoms with Crippen LogP contribution in [0.15, 0.2) is 66.7 Å². The van der Waals surface area contributed by atoms with E-state index in [0.29, 0.717) is 17.1 Å². The number of fused-ring (bicyclic) bond motifs is 4. The zero-order chi connectivity index (χ0) is 25.1. The van der Waals surface area contributed by atoms with E-state index in [1.54, 1.807) is 0 Å². The minimum absolute atomic E-state index is 0.188. The Hall–Kier alpha value is -4.38. The fraction of sp³-hybridized carbons (Fsp3) is 0.161. The second kappa shape index (κ2) is 8.09. The molecular formula is C31H27N3O2. The number of aromatic nitrogens is 3. The number of phenolic OH excluding ortho intramolecular Hbond substituents is 1. The molecule has 0 bridgehead atoms. The molecule has 6 aromatic rings. The van der Waals surface area contributed by atoms with Crippen LogP contribution in [0.3, 0.4) is 0 Å². The molecule has 6 rings (SSSR count). The van der Waals surface area contributed by atoms with Crippen LogP contribution in [-0.4, -0.2) is 19.6 Å². The molecule has 0 aliphatic rings. The van der Waals surface area contributed by atoms with E-state index in [9.17, 15) is 5.11 Å². The van der Waals surface area contributed by atoms with Crippen molar-refractivity contribution < 1.29 is 9.84 Å². The molecule has 0 amide bonds. The number of phenols is 1. The summed E-state index contributed by atoms with van der Waals surface area (Å²) in [6, 6.07) is 22.4. The topological polar surface area (TPSA) is 60.2 Å². The summed E-state index contributed by atoms with van der Waals surface area (Å²) < 4.78 is 8.50. The van der Waals surface area contributed by atoms with Crippen LogP contribution in [0.1, 0.15) is 27.9 Å². The molecule has 0 saturated carbocycles. The first-order chi connectivity index (χ1) is 17.3. The van der Waals surface area contributed by atoms with E-state index in [-0.39, 0.29) is 5.75 Å². The molecule has 0 unspecified atom stereocenters. The van der Waals surface area contributed by atoms with Gasteiger partial charge in [-0.25, -0.2) is 9.97 Å². The van der Waals surface area contributed by atoms with Crippen LogP contribution < -0.4 is 4.74 Å². The summed E-state index contributed by atoms with van der Waals surface area (Å²) in [6.45, 7) is 10.2. The van der Waals surface area contributed by atoms with Gasteiger partial charge in [-0.15, -0.1) is 0 Å². The number of aromatic hydroxyl groups is 1. The third-order valence-electron chi connectivity index (χ3n) is 7.09. The van der Waals surface area contributed by atoms with E-state index >= 15 is 0 Å². The van der Waals surface area contributed by atoms with Crippen molar-refractivity contribution in [1.29, 1.82) is 0 Å². The highest BCUT2D eigenvalue weighted by Gasteiger charge is 2.17. The number of nitrogens with zero attached hydrogens (tertiary/aromatic N) is 3. The molecule has 0 saturated heterocycles. The first kappa shape index (κ1) is 22.1. The lowest BCUT2D eigenvalue weighted by atomic mass is 10.1. The average Bonchev–Trinajstić information content (AvgIpc) is 3.18. The first-order valence-corrected chi connectivity index (χ1v) is 12.1. The maximum absolute atomic E-state index is 10.6. The second-order valence-electron chi connectivity index (χ2n) is 9.56. The molecule has 0 fully saturated rings. The van der Waals surface area contributed by atoms with E-state index in [1.165, 1.54) is 16.5 Å². The Kier molecular flexibility index (Phi) is 4.97. The van der Waals surface area contributed by atoms with Gasteiger partial charge >= 0.3 is 0 Å². The molecule has 0 atom stereocenters. The van der Waals surface area contributed by atoms with Gasteiger partial charge in [0.15, 0.2) is 0 Å². The number of ether oxygens (including phenoxy) is 1. The van der Waals surface area contributed by atoms with Crippen molar-refractivity contribution in [2.24, 2.45) is 0 Å². The highest BCUT2D eigenvalue weighted by atomic mass is 16.5. The number of aryl methyl sites for hydroxylation is 5. The predicted octanol–water partition coefficient (Wildman–Crippen LogP) is 7.77. The number of pyridine rings is 2. The van der Waals surface area contributed by atoms with Crippen molar-refractivity contribution in [3.8, 4) is 23.2 Å². The number of benzene rings is 3. The molecule has 5 nitrogen and oxygen atoms in total. The summed E-state index contributed by atoms with van der Waals surface area (Å²) in [7, 11) is 0. The van der Waals surface area contributed by atoms with Gasteiger partial charge in [-0.05, 0) is 81.1 Å². The standard InChI is InChI=1S/C31H27N3O2/c1-17-9-13-25-24-14-11-22(36-28-15-19(3)23-12-10-18(2)31(35)29(23)33-28)16-26(24)34(30(25)21(17)5)27-8-6-7-20(4)32-27/h6-16,35H,1-5H3. The third-order valence-corrected chi connectivity index (χ3v) is 7.09. The SMILES string of the molecule is Cc1cccc(-n2c3cc(Oc4cc(C)c5ccc(C)c(O)c5n4)ccc3c3ccc(C)c(C)c32)n1. The van der Waals surface area contributed by atoms with Crippen LogP contribution in [-0.2, 0) is 0 Å². The monoisotopic (exact) mass is 473 g/mol. The maximum Gasteiger partial charge on any atom is 0.220 e. The lowest BCUT2D eigenvalue weighted by molar-refractivity contribution is 0.459. The lowest BCUT2D eigenvalue weighted by Crippen LogP contribution is -2.00. The van der Waals surface area contributed by atoms with E-state index < -0.39 is 0 Å². The molecule has 0 radical (unpaired) electrons. The molecule has 3 aromatic heterocycles. The van der Waals surface area contributed by atoms with E-state index in [0.717, 1.165) is 44.4 Å². The van der Waals surface area contributed by atoms with Crippen LogP contribution in [0, 0.1) is 34.6 Å². The second-order valence-corrected chi connectivity index (χ2v) is 9.56. The molecule has 0 aliphatic heterocycles. The van der Waals surface area contributed by atoms with Gasteiger partial charge in [0.1, 0.15) is 22.8 Å². The molecule has 1 N–H and O–H groups in total. The molecule has 0 aliphatic carbocycles. The molecule has 0 spiro atoms. The zero-order valence-corrected chi connectivity index (χ0v) is 21.0. The summed E-state index contributed by atoms with van der Waals surface area (Å²) in [4.78, 5) is 9.49. The van der Waals surface area contributed by atoms with Crippen LogP contribution in [0.25, 0.3) is 38.5 Å². The van der Waals surface area contributed by atoms with E-state index in [1.807, 2.05) is 69.3 Å². The summed E-state index contributed by atoms with van der Waals surface area (Å²) in [5.41, 5.74) is 7.94. The van der Waals surface area contributed by atoms with Gasteiger partial charge in [0.2, 0.25) is 5.88 Å². The minimum atomic E-state index is 0.188. The fourth-order valence-electron chi connectivity index (χ4n) is 5.00. The van der Waals surface area contributed by atoms with Crippen molar-refractivity contribution in [2.45, 2.75) is 34.6 Å². The highest BCUT2D eigenvalue weighted by molar-refractivity contribution is 6.10. The van der Waals surface area contributed by atoms with Crippen LogP contribution in [0.5, 0.6) is 17.4 Å². The Morgan fingerprint density at radius 3 is 2.28 bits per heavy atom. The van der Waals surface area contributed by atoms with Gasteiger partial charge in [0, 0.05) is 34.0 Å². The number of rotatable bonds is 3. The quantitative estimate of drug-likeness (QED) is 0.285. The molecule has 3 aromatic carbocycles. The fourth-order valence-corrected chi connectivity index (χ4v) is 5.00. The lowest BCUT2D eigenvalue weighted by Gasteiger charge is -2.12. The Morgan fingerprint density at radius 1 is 0.722 bits per heavy atom. The average molecular weight is 474 g/mol. The van der Waals surface area contributed by atoms with Crippen LogP contribution >= 0.6 is 0 Å². The Labute approximate surface area is 209 Å². The van der Waals surface area contributed by atoms with Crippen LogP contribution in [0.2, 0.25) is 0 Å². The summed E-state index contributed by atoms with van der Waals surface area (Å²) >= 11 is 0. The van der Waals surface area contributed by atoms with Gasteiger partial charge in [0.25, 0.3) is 0 Å². The summed E-state index contributed by atoms with van der Waals surface area (Å²) in [5, 5.41) is 13.8. The predicted molar refractivity (Wildman–Crippen MR) is 146 cm³/mol. The van der Waals surface area contributed by atoms with E-state index in [2.05, 4.69) is 41.6 Å². The number of hydrogen-bond acceptors (Lipinski definition) is 4. The Morgan fingerprint density at radius 2 is 1.47 bits per heavy atom. The van der Waals surface area contributed by atoms with Gasteiger partial charge < -0.3 is 9.84 Å². The largest absolute Gasteiger partial charge is 0.505 e. The first-order valence-electron chi connectivity index (χ1n) is 12.1. The normalized spacial score (nSPS) is 11.6. The molecular weight excluding hydrogens is 446 g/mol. The molecule has 5 heteroatoms.